The molecular weight excluding hydrogens is 202 g/mol. The Bertz CT molecular complexity index is 315. The molecule has 2 rings (SSSR count). The number of amides is 1. The molecule has 1 heterocycles. The maximum Gasteiger partial charge on any atom is 0.226 e. The fourth-order valence-corrected chi connectivity index (χ4v) is 2.34. The summed E-state index contributed by atoms with van der Waals surface area (Å²) in [6, 6.07) is 0. The van der Waals surface area contributed by atoms with Crippen molar-refractivity contribution in [3.05, 3.63) is 12.4 Å². The molecule has 0 aliphatic heterocycles. The van der Waals surface area contributed by atoms with Gasteiger partial charge >= 0.3 is 0 Å². The van der Waals surface area contributed by atoms with Gasteiger partial charge in [-0.2, -0.15) is 0 Å². The lowest BCUT2D eigenvalue weighted by Gasteiger charge is -2.20. The molecule has 0 unspecified atom stereocenters. The monoisotopic (exact) mass is 221 g/mol. The van der Waals surface area contributed by atoms with Gasteiger partial charge in [-0.15, -0.1) is 0 Å². The van der Waals surface area contributed by atoms with E-state index in [1.807, 2.05) is 0 Å². The summed E-state index contributed by atoms with van der Waals surface area (Å²) < 4.78 is 0. The van der Waals surface area contributed by atoms with Crippen LogP contribution in [0.5, 0.6) is 0 Å². The van der Waals surface area contributed by atoms with Crippen LogP contribution in [0.4, 0.5) is 5.95 Å². The summed E-state index contributed by atoms with van der Waals surface area (Å²) in [4.78, 5) is 18.4. The molecule has 2 N–H and O–H groups in total. The predicted molar refractivity (Wildman–Crippen MR) is 63.0 cm³/mol. The molecule has 1 aromatic rings. The Morgan fingerprint density at radius 3 is 2.94 bits per heavy atom. The molecule has 16 heavy (non-hydrogen) atoms. The van der Waals surface area contributed by atoms with Crippen molar-refractivity contribution in [1.82, 2.24) is 9.97 Å². The quantitative estimate of drug-likeness (QED) is 0.821. The van der Waals surface area contributed by atoms with Gasteiger partial charge in [0, 0.05) is 18.8 Å². The van der Waals surface area contributed by atoms with Crippen molar-refractivity contribution in [3.63, 3.8) is 0 Å². The number of H-pyrrole nitrogens is 1. The first-order chi connectivity index (χ1) is 7.84. The van der Waals surface area contributed by atoms with Crippen LogP contribution < -0.4 is 5.32 Å². The van der Waals surface area contributed by atoms with Crippen molar-refractivity contribution in [3.8, 4) is 0 Å². The maximum atomic E-state index is 11.6. The smallest absolute Gasteiger partial charge is 0.226 e. The molecule has 1 fully saturated rings. The van der Waals surface area contributed by atoms with Crippen molar-refractivity contribution in [2.75, 3.05) is 5.32 Å². The second-order valence-corrected chi connectivity index (χ2v) is 4.53. The van der Waals surface area contributed by atoms with E-state index in [2.05, 4.69) is 15.3 Å². The summed E-state index contributed by atoms with van der Waals surface area (Å²) in [7, 11) is 0. The van der Waals surface area contributed by atoms with Gasteiger partial charge in [0.25, 0.3) is 0 Å². The molecule has 88 valence electrons. The molecule has 0 aromatic carbocycles. The molecule has 4 nitrogen and oxygen atoms in total. The minimum Gasteiger partial charge on any atom is -0.331 e. The van der Waals surface area contributed by atoms with Gasteiger partial charge in [-0.05, 0) is 12.3 Å². The molecule has 0 radical (unpaired) electrons. The van der Waals surface area contributed by atoms with Crippen LogP contribution >= 0.6 is 0 Å². The molecule has 0 bridgehead atoms. The molecule has 4 heteroatoms. The van der Waals surface area contributed by atoms with Gasteiger partial charge in [-0.25, -0.2) is 4.98 Å². The van der Waals surface area contributed by atoms with Crippen LogP contribution in [0, 0.1) is 5.92 Å². The molecule has 1 aliphatic rings. The van der Waals surface area contributed by atoms with Crippen molar-refractivity contribution in [2.45, 2.75) is 44.9 Å². The molecule has 1 amide bonds. The number of carbonyl (C=O) groups is 1. The lowest BCUT2D eigenvalue weighted by Crippen LogP contribution is -2.15. The summed E-state index contributed by atoms with van der Waals surface area (Å²) in [6.07, 6.45) is 11.6. The Kier molecular flexibility index (Phi) is 3.97. The summed E-state index contributed by atoms with van der Waals surface area (Å²) >= 11 is 0. The number of hydrogen-bond acceptors (Lipinski definition) is 2. The first-order valence-corrected chi connectivity index (χ1v) is 6.14. The minimum absolute atomic E-state index is 0.0699. The zero-order chi connectivity index (χ0) is 11.2. The summed E-state index contributed by atoms with van der Waals surface area (Å²) in [5.74, 6) is 1.38. The molecule has 0 saturated heterocycles. The Morgan fingerprint density at radius 2 is 2.25 bits per heavy atom. The highest BCUT2D eigenvalue weighted by atomic mass is 16.1. The minimum atomic E-state index is 0.0699. The standard InChI is InChI=1S/C12H19N3O/c16-11(15-12-13-8-9-14-12)7-6-10-4-2-1-3-5-10/h8-10H,1-7H2,(H2,13,14,15,16). The highest BCUT2D eigenvalue weighted by Crippen LogP contribution is 2.27. The maximum absolute atomic E-state index is 11.6. The lowest BCUT2D eigenvalue weighted by molar-refractivity contribution is -0.116. The molecular formula is C12H19N3O. The average molecular weight is 221 g/mol. The van der Waals surface area contributed by atoms with Crippen LogP contribution in [-0.4, -0.2) is 15.9 Å². The number of nitrogens with zero attached hydrogens (tertiary/aromatic N) is 1. The highest BCUT2D eigenvalue weighted by molar-refractivity contribution is 5.88. The number of hydrogen-bond donors (Lipinski definition) is 2. The summed E-state index contributed by atoms with van der Waals surface area (Å²) in [6.45, 7) is 0. The SMILES string of the molecule is O=C(CCC1CCCCC1)Nc1ncc[nH]1. The Hall–Kier alpha value is -1.32. The first-order valence-electron chi connectivity index (χ1n) is 6.14. The predicted octanol–water partition coefficient (Wildman–Crippen LogP) is 2.71. The van der Waals surface area contributed by atoms with Gasteiger partial charge in [0.2, 0.25) is 11.9 Å². The van der Waals surface area contributed by atoms with Crippen molar-refractivity contribution >= 4 is 11.9 Å². The number of rotatable bonds is 4. The molecule has 1 saturated carbocycles. The van der Waals surface area contributed by atoms with E-state index in [0.717, 1.165) is 12.3 Å². The van der Waals surface area contributed by atoms with Crippen LogP contribution in [-0.2, 0) is 4.79 Å². The van der Waals surface area contributed by atoms with E-state index in [0.29, 0.717) is 12.4 Å². The molecule has 1 aliphatic carbocycles. The third-order valence-electron chi connectivity index (χ3n) is 3.26. The van der Waals surface area contributed by atoms with Crippen LogP contribution in [0.1, 0.15) is 44.9 Å². The van der Waals surface area contributed by atoms with Crippen molar-refractivity contribution in [2.24, 2.45) is 5.92 Å². The molecule has 0 spiro atoms. The molecule has 1 aromatic heterocycles. The highest BCUT2D eigenvalue weighted by Gasteiger charge is 2.14. The Labute approximate surface area is 95.9 Å². The van der Waals surface area contributed by atoms with Crippen molar-refractivity contribution < 1.29 is 4.79 Å². The van der Waals surface area contributed by atoms with E-state index >= 15 is 0 Å². The normalized spacial score (nSPS) is 17.2. The van der Waals surface area contributed by atoms with Gasteiger partial charge in [-0.1, -0.05) is 32.1 Å². The Morgan fingerprint density at radius 1 is 1.44 bits per heavy atom. The van der Waals surface area contributed by atoms with Crippen LogP contribution in [0.15, 0.2) is 12.4 Å². The fourth-order valence-electron chi connectivity index (χ4n) is 2.34. The number of imidazole rings is 1. The topological polar surface area (TPSA) is 57.8 Å². The van der Waals surface area contributed by atoms with Crippen molar-refractivity contribution in [1.29, 1.82) is 0 Å². The zero-order valence-corrected chi connectivity index (χ0v) is 9.54. The zero-order valence-electron chi connectivity index (χ0n) is 9.54. The summed E-state index contributed by atoms with van der Waals surface area (Å²) in [5, 5.41) is 2.76. The first kappa shape index (κ1) is 11.2. The van der Waals surface area contributed by atoms with E-state index in [1.54, 1.807) is 12.4 Å². The number of aromatic amines is 1. The van der Waals surface area contributed by atoms with E-state index in [9.17, 15) is 4.79 Å². The Balaban J connectivity index is 1.67. The number of nitrogens with one attached hydrogen (secondary N) is 2. The number of aromatic nitrogens is 2. The van der Waals surface area contributed by atoms with Gasteiger partial charge in [0.05, 0.1) is 0 Å². The molecule has 0 atom stereocenters. The summed E-state index contributed by atoms with van der Waals surface area (Å²) in [5.41, 5.74) is 0. The number of anilines is 1. The van der Waals surface area contributed by atoms with Crippen LogP contribution in [0.2, 0.25) is 0 Å². The van der Waals surface area contributed by atoms with Gasteiger partial charge in [-0.3, -0.25) is 10.1 Å². The van der Waals surface area contributed by atoms with Crippen LogP contribution in [0.3, 0.4) is 0 Å². The van der Waals surface area contributed by atoms with E-state index < -0.39 is 0 Å². The van der Waals surface area contributed by atoms with E-state index in [-0.39, 0.29) is 5.91 Å². The third-order valence-corrected chi connectivity index (χ3v) is 3.26. The van der Waals surface area contributed by atoms with Gasteiger partial charge in [0.1, 0.15) is 0 Å². The van der Waals surface area contributed by atoms with Gasteiger partial charge in [0.15, 0.2) is 0 Å². The second-order valence-electron chi connectivity index (χ2n) is 4.53. The van der Waals surface area contributed by atoms with Crippen LogP contribution in [0.25, 0.3) is 0 Å². The fraction of sp³-hybridized carbons (Fsp3) is 0.667. The van der Waals surface area contributed by atoms with E-state index in [1.165, 1.54) is 32.1 Å². The largest absolute Gasteiger partial charge is 0.331 e. The lowest BCUT2D eigenvalue weighted by atomic mass is 9.86. The average Bonchev–Trinajstić information content (AvgIpc) is 2.81. The van der Waals surface area contributed by atoms with Gasteiger partial charge < -0.3 is 4.98 Å². The number of carbonyl (C=O) groups excluding carboxylic acids is 1. The second kappa shape index (κ2) is 5.68. The third kappa shape index (κ3) is 3.36. The van der Waals surface area contributed by atoms with E-state index in [4.69, 9.17) is 0 Å².